The van der Waals surface area contributed by atoms with Gasteiger partial charge in [-0.25, -0.2) is 9.97 Å². The smallest absolute Gasteiger partial charge is 0.254 e. The van der Waals surface area contributed by atoms with Crippen molar-refractivity contribution >= 4 is 11.9 Å². The molecule has 8 nitrogen and oxygen atoms in total. The van der Waals surface area contributed by atoms with Crippen LogP contribution in [0.15, 0.2) is 12.4 Å². The molecule has 1 N–H and O–H groups in total. The molecule has 1 amide bonds. The van der Waals surface area contributed by atoms with E-state index < -0.39 is 5.79 Å². The maximum absolute atomic E-state index is 12.0. The first kappa shape index (κ1) is 17.1. The summed E-state index contributed by atoms with van der Waals surface area (Å²) in [5.41, 5.74) is 0.480. The fraction of sp³-hybridized carbons (Fsp3) is 0.688. The molecule has 1 spiro atoms. The van der Waals surface area contributed by atoms with Crippen molar-refractivity contribution in [2.75, 3.05) is 58.4 Å². The van der Waals surface area contributed by atoms with Crippen molar-refractivity contribution in [2.24, 2.45) is 0 Å². The monoisotopic (exact) mass is 335 g/mol. The van der Waals surface area contributed by atoms with Crippen LogP contribution in [-0.2, 0) is 9.47 Å². The Morgan fingerprint density at radius 3 is 2.46 bits per heavy atom. The summed E-state index contributed by atoms with van der Waals surface area (Å²) >= 11 is 0. The predicted octanol–water partition coefficient (Wildman–Crippen LogP) is 0.111. The number of hydrogen-bond donors (Lipinski definition) is 1. The maximum atomic E-state index is 12.0. The third-order valence-corrected chi connectivity index (χ3v) is 4.37. The van der Waals surface area contributed by atoms with E-state index in [9.17, 15) is 4.79 Å². The second-order valence-corrected chi connectivity index (χ2v) is 6.43. The van der Waals surface area contributed by atoms with Gasteiger partial charge >= 0.3 is 0 Å². The quantitative estimate of drug-likeness (QED) is 0.818. The molecule has 0 aliphatic carbocycles. The lowest BCUT2D eigenvalue weighted by molar-refractivity contribution is -0.169. The van der Waals surface area contributed by atoms with Crippen LogP contribution in [0.2, 0.25) is 0 Å². The van der Waals surface area contributed by atoms with Gasteiger partial charge in [-0.2, -0.15) is 0 Å². The van der Waals surface area contributed by atoms with Crippen LogP contribution in [0.3, 0.4) is 0 Å². The largest absolute Gasteiger partial charge is 0.351 e. The molecule has 2 aliphatic rings. The zero-order valence-electron chi connectivity index (χ0n) is 14.3. The highest BCUT2D eigenvalue weighted by atomic mass is 16.7. The van der Waals surface area contributed by atoms with Gasteiger partial charge in [0.2, 0.25) is 5.95 Å². The molecule has 0 aromatic carbocycles. The Hall–Kier alpha value is -1.77. The molecule has 0 radical (unpaired) electrons. The van der Waals surface area contributed by atoms with E-state index in [1.54, 1.807) is 12.4 Å². The number of anilines is 1. The Balaban J connectivity index is 1.52. The zero-order valence-corrected chi connectivity index (χ0v) is 14.3. The highest BCUT2D eigenvalue weighted by molar-refractivity contribution is 5.93. The lowest BCUT2D eigenvalue weighted by atomic mass is 10.0. The Kier molecular flexibility index (Phi) is 5.27. The molecule has 3 rings (SSSR count). The van der Waals surface area contributed by atoms with Crippen LogP contribution in [0.25, 0.3) is 0 Å². The molecule has 132 valence electrons. The van der Waals surface area contributed by atoms with Crippen molar-refractivity contribution in [3.63, 3.8) is 0 Å². The molecule has 3 heterocycles. The van der Waals surface area contributed by atoms with Crippen molar-refractivity contribution in [3.8, 4) is 0 Å². The summed E-state index contributed by atoms with van der Waals surface area (Å²) in [6.07, 6.45) is 4.78. The third kappa shape index (κ3) is 4.00. The molecule has 8 heteroatoms. The van der Waals surface area contributed by atoms with Gasteiger partial charge < -0.3 is 24.6 Å². The number of hydrogen-bond acceptors (Lipinski definition) is 7. The predicted molar refractivity (Wildman–Crippen MR) is 89.0 cm³/mol. The molecule has 0 unspecified atom stereocenters. The molecule has 24 heavy (non-hydrogen) atoms. The van der Waals surface area contributed by atoms with Gasteiger partial charge in [-0.05, 0) is 14.1 Å². The molecule has 0 saturated carbocycles. The van der Waals surface area contributed by atoms with E-state index in [-0.39, 0.29) is 5.91 Å². The van der Waals surface area contributed by atoms with Crippen molar-refractivity contribution in [3.05, 3.63) is 18.0 Å². The number of ether oxygens (including phenoxy) is 2. The molecule has 0 atom stereocenters. The van der Waals surface area contributed by atoms with Gasteiger partial charge in [0.15, 0.2) is 5.79 Å². The summed E-state index contributed by atoms with van der Waals surface area (Å²) in [4.78, 5) is 24.8. The number of carbonyl (C=O) groups is 1. The van der Waals surface area contributed by atoms with Crippen molar-refractivity contribution < 1.29 is 14.3 Å². The summed E-state index contributed by atoms with van der Waals surface area (Å²) in [6.45, 7) is 4.32. The van der Waals surface area contributed by atoms with Gasteiger partial charge in [-0.3, -0.25) is 4.79 Å². The summed E-state index contributed by atoms with van der Waals surface area (Å²) < 4.78 is 11.4. The first-order valence-electron chi connectivity index (χ1n) is 8.36. The fourth-order valence-corrected chi connectivity index (χ4v) is 2.93. The Morgan fingerprint density at radius 1 is 1.25 bits per heavy atom. The highest BCUT2D eigenvalue weighted by Gasteiger charge is 2.40. The van der Waals surface area contributed by atoms with Crippen molar-refractivity contribution in [2.45, 2.75) is 18.6 Å². The van der Waals surface area contributed by atoms with E-state index >= 15 is 0 Å². The van der Waals surface area contributed by atoms with Crippen LogP contribution in [0.5, 0.6) is 0 Å². The average molecular weight is 335 g/mol. The van der Waals surface area contributed by atoms with Gasteiger partial charge in [0.1, 0.15) is 0 Å². The van der Waals surface area contributed by atoms with Crippen molar-refractivity contribution in [1.82, 2.24) is 20.2 Å². The second kappa shape index (κ2) is 7.42. The SMILES string of the molecule is CN(C)CCNC(=O)c1cnc(N2CCC3(CC2)OCCO3)nc1. The lowest BCUT2D eigenvalue weighted by Crippen LogP contribution is -2.45. The van der Waals surface area contributed by atoms with Crippen LogP contribution in [-0.4, -0.2) is 80.1 Å². The molecule has 0 bridgehead atoms. The summed E-state index contributed by atoms with van der Waals surface area (Å²) in [5, 5.41) is 2.85. The van der Waals surface area contributed by atoms with Gasteiger partial charge in [0.05, 0.1) is 18.8 Å². The number of amides is 1. The van der Waals surface area contributed by atoms with E-state index in [0.29, 0.717) is 31.3 Å². The molecular formula is C16H25N5O3. The number of nitrogens with one attached hydrogen (secondary N) is 1. The van der Waals surface area contributed by atoms with Crippen LogP contribution < -0.4 is 10.2 Å². The number of aromatic nitrogens is 2. The number of likely N-dealkylation sites (N-methyl/N-ethyl adjacent to an activating group) is 1. The second-order valence-electron chi connectivity index (χ2n) is 6.43. The maximum Gasteiger partial charge on any atom is 0.254 e. The minimum atomic E-state index is -0.400. The number of piperidine rings is 1. The molecule has 1 aromatic heterocycles. The molecule has 2 saturated heterocycles. The summed E-state index contributed by atoms with van der Waals surface area (Å²) in [6, 6.07) is 0. The number of rotatable bonds is 5. The fourth-order valence-electron chi connectivity index (χ4n) is 2.93. The van der Waals surface area contributed by atoms with Crippen LogP contribution >= 0.6 is 0 Å². The topological polar surface area (TPSA) is 79.8 Å². The first-order chi connectivity index (χ1) is 11.6. The molecule has 1 aromatic rings. The zero-order chi connectivity index (χ0) is 17.0. The minimum Gasteiger partial charge on any atom is -0.351 e. The van der Waals surface area contributed by atoms with Gasteiger partial charge in [0.25, 0.3) is 5.91 Å². The Labute approximate surface area is 142 Å². The number of carbonyl (C=O) groups excluding carboxylic acids is 1. The van der Waals surface area contributed by atoms with Crippen LogP contribution in [0.4, 0.5) is 5.95 Å². The molecule has 2 aliphatic heterocycles. The molecule has 2 fully saturated rings. The first-order valence-corrected chi connectivity index (χ1v) is 8.36. The summed E-state index contributed by atoms with van der Waals surface area (Å²) in [5.74, 6) is 0.101. The standard InChI is InChI=1S/C16H25N5O3/c1-20(2)8-5-17-14(22)13-11-18-15(19-12-13)21-6-3-16(4-7-21)23-9-10-24-16/h11-12H,3-10H2,1-2H3,(H,17,22). The van der Waals surface area contributed by atoms with Gasteiger partial charge in [-0.15, -0.1) is 0 Å². The number of nitrogens with zero attached hydrogens (tertiary/aromatic N) is 4. The lowest BCUT2D eigenvalue weighted by Gasteiger charge is -2.37. The minimum absolute atomic E-state index is 0.145. The molecular weight excluding hydrogens is 310 g/mol. The van der Waals surface area contributed by atoms with E-state index in [4.69, 9.17) is 9.47 Å². The van der Waals surface area contributed by atoms with E-state index in [1.165, 1.54) is 0 Å². The third-order valence-electron chi connectivity index (χ3n) is 4.37. The van der Waals surface area contributed by atoms with Gasteiger partial charge in [0, 0.05) is 51.4 Å². The van der Waals surface area contributed by atoms with Crippen LogP contribution in [0, 0.1) is 0 Å². The average Bonchev–Trinajstić information content (AvgIpc) is 3.03. The highest BCUT2D eigenvalue weighted by Crippen LogP contribution is 2.32. The van der Waals surface area contributed by atoms with Gasteiger partial charge in [-0.1, -0.05) is 0 Å². The van der Waals surface area contributed by atoms with Crippen LogP contribution in [0.1, 0.15) is 23.2 Å². The summed E-state index contributed by atoms with van der Waals surface area (Å²) in [7, 11) is 3.93. The van der Waals surface area contributed by atoms with Crippen molar-refractivity contribution in [1.29, 1.82) is 0 Å². The van der Waals surface area contributed by atoms with E-state index in [0.717, 1.165) is 32.5 Å². The normalized spacial score (nSPS) is 19.9. The Morgan fingerprint density at radius 2 is 1.88 bits per heavy atom. The Bertz CT molecular complexity index is 547. The van der Waals surface area contributed by atoms with E-state index in [2.05, 4.69) is 20.2 Å². The van der Waals surface area contributed by atoms with E-state index in [1.807, 2.05) is 19.0 Å².